The van der Waals surface area contributed by atoms with Gasteiger partial charge >= 0.3 is 0 Å². The summed E-state index contributed by atoms with van der Waals surface area (Å²) in [4.78, 5) is 19.9. The summed E-state index contributed by atoms with van der Waals surface area (Å²) >= 11 is 1.65. The molecule has 6 rings (SSSR count). The molecule has 2 aromatic carbocycles. The Balaban J connectivity index is 1.36. The van der Waals surface area contributed by atoms with Crippen molar-refractivity contribution in [3.63, 3.8) is 0 Å². The van der Waals surface area contributed by atoms with Gasteiger partial charge in [-0.05, 0) is 66.0 Å². The number of hydrogen-bond donors (Lipinski definition) is 1. The molecule has 1 amide bonds. The number of benzene rings is 2. The topological polar surface area (TPSA) is 83.3 Å². The summed E-state index contributed by atoms with van der Waals surface area (Å²) in [6.07, 6.45) is 8.50. The molecule has 5 aromatic rings. The van der Waals surface area contributed by atoms with Gasteiger partial charge in [-0.1, -0.05) is 57.2 Å². The van der Waals surface area contributed by atoms with Gasteiger partial charge in [0, 0.05) is 40.3 Å². The van der Waals surface area contributed by atoms with Crippen LogP contribution in [0.2, 0.25) is 0 Å². The molecule has 0 fully saturated rings. The molecule has 1 N–H and O–H groups in total. The molecule has 0 saturated heterocycles. The quantitative estimate of drug-likeness (QED) is 0.200. The minimum absolute atomic E-state index is 0.110. The predicted molar refractivity (Wildman–Crippen MR) is 169 cm³/mol. The Hall–Kier alpha value is -4.41. The van der Waals surface area contributed by atoms with Crippen LogP contribution in [-0.4, -0.2) is 16.7 Å². The lowest BCUT2D eigenvalue weighted by Gasteiger charge is -2.33. The molecule has 6 nitrogen and oxygen atoms in total. The van der Waals surface area contributed by atoms with Gasteiger partial charge in [-0.2, -0.15) is 5.26 Å². The first-order valence-electron chi connectivity index (χ1n) is 14.4. The van der Waals surface area contributed by atoms with Crippen molar-refractivity contribution in [3.05, 3.63) is 112 Å². The average molecular weight is 575 g/mol. The van der Waals surface area contributed by atoms with Gasteiger partial charge in [-0.3, -0.25) is 4.79 Å². The number of aliphatic imine (C=N–C) groups is 1. The number of furan rings is 1. The number of aromatic nitrogens is 1. The van der Waals surface area contributed by atoms with Crippen molar-refractivity contribution in [3.8, 4) is 6.07 Å². The fraction of sp³-hybridized carbons (Fsp3) is 0.286. The van der Waals surface area contributed by atoms with Crippen molar-refractivity contribution in [1.82, 2.24) is 9.88 Å². The zero-order valence-electron chi connectivity index (χ0n) is 24.2. The van der Waals surface area contributed by atoms with Gasteiger partial charge in [-0.15, -0.1) is 11.3 Å². The molecular weight excluding hydrogens is 540 g/mol. The highest BCUT2D eigenvalue weighted by Crippen LogP contribution is 2.45. The maximum Gasteiger partial charge on any atom is 0.255 e. The largest absolute Gasteiger partial charge is 0.467 e. The van der Waals surface area contributed by atoms with Gasteiger partial charge in [0.1, 0.15) is 10.8 Å². The second kappa shape index (κ2) is 11.5. The predicted octanol–water partition coefficient (Wildman–Crippen LogP) is 8.05. The van der Waals surface area contributed by atoms with E-state index in [2.05, 4.69) is 55.1 Å². The van der Waals surface area contributed by atoms with Crippen LogP contribution in [0.25, 0.3) is 10.9 Å². The first-order chi connectivity index (χ1) is 20.3. The van der Waals surface area contributed by atoms with Crippen molar-refractivity contribution < 1.29 is 9.21 Å². The summed E-state index contributed by atoms with van der Waals surface area (Å²) in [5.74, 6) is 1.17. The number of nitriles is 1. The van der Waals surface area contributed by atoms with Gasteiger partial charge < -0.3 is 14.3 Å². The highest BCUT2D eigenvalue weighted by atomic mass is 32.1. The number of para-hydroxylation sites is 1. The standard InChI is InChI=1S/C35H34N4O2S/c1-35(2,3)26-14-15-29-31(17-26)42-34(32(29)33(40)37-20-27-11-8-16-41-27)38-19-25-22-39(30-13-7-6-12-28(25)30)21-24-10-5-4-9-23(24)18-36/h4-13,16,19,22,26H,14-15,17,20-21H2,1-3H3,(H,37,40)/t26-/m0/s1. The van der Waals surface area contributed by atoms with E-state index in [0.717, 1.165) is 57.6 Å². The van der Waals surface area contributed by atoms with Crippen molar-refractivity contribution >= 4 is 39.4 Å². The Bertz CT molecular complexity index is 1810. The summed E-state index contributed by atoms with van der Waals surface area (Å²) in [5, 5.41) is 14.5. The van der Waals surface area contributed by atoms with Crippen molar-refractivity contribution in [1.29, 1.82) is 5.26 Å². The number of fused-ring (bicyclic) bond motifs is 2. The third-order valence-electron chi connectivity index (χ3n) is 8.32. The molecule has 0 radical (unpaired) electrons. The third kappa shape index (κ3) is 5.55. The van der Waals surface area contributed by atoms with Crippen LogP contribution >= 0.6 is 11.3 Å². The van der Waals surface area contributed by atoms with E-state index in [9.17, 15) is 10.1 Å². The first kappa shape index (κ1) is 27.7. The molecule has 0 aliphatic heterocycles. The lowest BCUT2D eigenvalue weighted by molar-refractivity contribution is 0.0947. The van der Waals surface area contributed by atoms with Crippen LogP contribution in [-0.2, 0) is 25.9 Å². The highest BCUT2D eigenvalue weighted by Gasteiger charge is 2.33. The summed E-state index contributed by atoms with van der Waals surface area (Å²) in [7, 11) is 0. The van der Waals surface area contributed by atoms with Gasteiger partial charge in [0.25, 0.3) is 5.91 Å². The minimum atomic E-state index is -0.110. The lowest BCUT2D eigenvalue weighted by Crippen LogP contribution is -2.28. The molecular formula is C35H34N4O2S. The normalized spacial score (nSPS) is 15.1. The van der Waals surface area contributed by atoms with E-state index in [0.29, 0.717) is 30.1 Å². The Kier molecular flexibility index (Phi) is 7.57. The van der Waals surface area contributed by atoms with E-state index >= 15 is 0 Å². The van der Waals surface area contributed by atoms with Crippen LogP contribution in [0.1, 0.15) is 70.4 Å². The maximum atomic E-state index is 13.6. The average Bonchev–Trinajstić information content (AvgIpc) is 3.72. The molecule has 42 heavy (non-hydrogen) atoms. The van der Waals surface area contributed by atoms with E-state index in [-0.39, 0.29) is 11.3 Å². The number of carbonyl (C=O) groups is 1. The second-order valence-corrected chi connectivity index (χ2v) is 13.1. The van der Waals surface area contributed by atoms with E-state index in [1.54, 1.807) is 17.6 Å². The molecule has 212 valence electrons. The smallest absolute Gasteiger partial charge is 0.255 e. The number of hydrogen-bond acceptors (Lipinski definition) is 5. The molecule has 3 heterocycles. The van der Waals surface area contributed by atoms with Crippen LogP contribution in [0.15, 0.2) is 82.5 Å². The molecule has 7 heteroatoms. The zero-order valence-corrected chi connectivity index (χ0v) is 25.0. The van der Waals surface area contributed by atoms with Crippen molar-refractivity contribution in [2.75, 3.05) is 0 Å². The van der Waals surface area contributed by atoms with E-state index in [1.807, 2.05) is 54.7 Å². The first-order valence-corrected chi connectivity index (χ1v) is 15.2. The van der Waals surface area contributed by atoms with Crippen LogP contribution < -0.4 is 5.32 Å². The number of nitrogens with one attached hydrogen (secondary N) is 1. The van der Waals surface area contributed by atoms with Gasteiger partial charge in [0.05, 0.1) is 30.0 Å². The fourth-order valence-electron chi connectivity index (χ4n) is 5.89. The fourth-order valence-corrected chi connectivity index (χ4v) is 7.16. The summed E-state index contributed by atoms with van der Waals surface area (Å²) < 4.78 is 7.60. The minimum Gasteiger partial charge on any atom is -0.467 e. The van der Waals surface area contributed by atoms with Crippen LogP contribution in [0, 0.1) is 22.7 Å². The third-order valence-corrected chi connectivity index (χ3v) is 9.48. The van der Waals surface area contributed by atoms with Crippen molar-refractivity contribution in [2.45, 2.75) is 53.1 Å². The van der Waals surface area contributed by atoms with Gasteiger partial charge in [0.2, 0.25) is 0 Å². The molecule has 0 saturated carbocycles. The summed E-state index contributed by atoms with van der Waals surface area (Å²) in [6, 6.07) is 21.9. The molecule has 0 spiro atoms. The van der Waals surface area contributed by atoms with Crippen LogP contribution in [0.3, 0.4) is 0 Å². The number of amides is 1. The number of thiophene rings is 1. The Labute approximate surface area is 250 Å². The van der Waals surface area contributed by atoms with Crippen LogP contribution in [0.5, 0.6) is 0 Å². The molecule has 1 atom stereocenters. The molecule has 1 aliphatic carbocycles. The van der Waals surface area contributed by atoms with Crippen molar-refractivity contribution in [2.24, 2.45) is 16.3 Å². The van der Waals surface area contributed by atoms with E-state index in [1.165, 1.54) is 4.88 Å². The highest BCUT2D eigenvalue weighted by molar-refractivity contribution is 7.16. The lowest BCUT2D eigenvalue weighted by atomic mass is 9.72. The van der Waals surface area contributed by atoms with E-state index < -0.39 is 0 Å². The van der Waals surface area contributed by atoms with Gasteiger partial charge in [0.15, 0.2) is 0 Å². The SMILES string of the molecule is CC(C)(C)[C@H]1CCc2c(sc(N=Cc3cn(Cc4ccccc4C#N)c4ccccc34)c2C(=O)NCc2ccco2)C1. The number of rotatable bonds is 7. The molecule has 3 aromatic heterocycles. The second-order valence-electron chi connectivity index (χ2n) is 12.0. The Morgan fingerprint density at radius 2 is 1.98 bits per heavy atom. The summed E-state index contributed by atoms with van der Waals surface area (Å²) in [5.41, 5.74) is 5.73. The van der Waals surface area contributed by atoms with E-state index in [4.69, 9.17) is 9.41 Å². The Morgan fingerprint density at radius 3 is 2.76 bits per heavy atom. The summed E-state index contributed by atoms with van der Waals surface area (Å²) in [6.45, 7) is 7.83. The Morgan fingerprint density at radius 1 is 1.17 bits per heavy atom. The number of carbonyl (C=O) groups excluding carboxylic acids is 1. The van der Waals surface area contributed by atoms with Gasteiger partial charge in [-0.25, -0.2) is 4.99 Å². The monoisotopic (exact) mass is 574 g/mol. The molecule has 0 unspecified atom stereocenters. The maximum absolute atomic E-state index is 13.6. The molecule has 1 aliphatic rings. The molecule has 0 bridgehead atoms. The van der Waals surface area contributed by atoms with Crippen LogP contribution in [0.4, 0.5) is 5.00 Å². The number of nitrogens with zero attached hydrogens (tertiary/aromatic N) is 3. The zero-order chi connectivity index (χ0) is 29.3.